The van der Waals surface area contributed by atoms with Crippen molar-refractivity contribution in [2.75, 3.05) is 47.8 Å². The molecule has 2 fully saturated rings. The van der Waals surface area contributed by atoms with Crippen LogP contribution in [-0.4, -0.2) is 146 Å². The predicted octanol–water partition coefficient (Wildman–Crippen LogP) is 5.48. The van der Waals surface area contributed by atoms with Crippen molar-refractivity contribution in [1.82, 2.24) is 20.6 Å². The number of amides is 2. The molecule has 4 heterocycles. The van der Waals surface area contributed by atoms with Crippen molar-refractivity contribution in [2.24, 2.45) is 5.92 Å². The molecule has 5 aromatic rings. The number of aromatic nitrogens is 2. The Kier molecular flexibility index (Phi) is 19.8. The number of rotatable bonds is 18. The van der Waals surface area contributed by atoms with Gasteiger partial charge >= 0.3 is 17.9 Å². The highest BCUT2D eigenvalue weighted by atomic mass is 16.6. The number of benzene rings is 3. The molecular formula is C57H66N4O18. The second-order valence-corrected chi connectivity index (χ2v) is 19.3. The lowest BCUT2D eigenvalue weighted by molar-refractivity contribution is -0.171. The molecule has 422 valence electrons. The third kappa shape index (κ3) is 15.2. The standard InChI is InChI=1S/C57H66N4O18/c1-30(2)55(66)79-46-29-73-27-41(61-54(65)48-50(63)43(71-9)17-19-59-48)57(68)78-44(52(46)76-37-13-11-36(69-7)12-14-37)15-10-35-21-33(5)24-39(25-35)75-45-28-72-26-40(60-53(64)47-49(62)42(70-8)16-18-58-47)56(67)74-34(6)51(45)77-38-22-31(3)20-32(4)23-38/h11-14,16-25,30,34,40-41,44-46,51-52,62-63H,10,15,26-29H2,1-9H3,(H,60,64)(H,61,65). The van der Waals surface area contributed by atoms with Gasteiger partial charge in [0, 0.05) is 24.5 Å². The summed E-state index contributed by atoms with van der Waals surface area (Å²) in [7, 11) is 4.15. The molecule has 0 spiro atoms. The largest absolute Gasteiger partial charge is 0.503 e. The second-order valence-electron chi connectivity index (χ2n) is 19.3. The third-order valence-electron chi connectivity index (χ3n) is 12.7. The van der Waals surface area contributed by atoms with Gasteiger partial charge in [0.2, 0.25) is 0 Å². The van der Waals surface area contributed by atoms with Crippen LogP contribution >= 0.6 is 0 Å². The Balaban J connectivity index is 1.19. The van der Waals surface area contributed by atoms with E-state index in [0.29, 0.717) is 28.6 Å². The number of hydrogen-bond acceptors (Lipinski definition) is 20. The van der Waals surface area contributed by atoms with E-state index in [1.54, 1.807) is 57.2 Å². The van der Waals surface area contributed by atoms with E-state index < -0.39 is 108 Å². The lowest BCUT2D eigenvalue weighted by Gasteiger charge is -2.33. The number of esters is 3. The lowest BCUT2D eigenvalue weighted by atomic mass is 9.98. The van der Waals surface area contributed by atoms with Crippen molar-refractivity contribution >= 4 is 29.7 Å². The van der Waals surface area contributed by atoms with E-state index in [4.69, 9.17) is 52.1 Å². The van der Waals surface area contributed by atoms with E-state index in [1.807, 2.05) is 45.0 Å². The Bertz CT molecular complexity index is 2930. The normalized spacial score (nSPS) is 21.6. The number of methoxy groups -OCH3 is 3. The molecular weight excluding hydrogens is 1030 g/mol. The number of nitrogens with zero attached hydrogens (tertiary/aromatic N) is 2. The van der Waals surface area contributed by atoms with Gasteiger partial charge in [0.05, 0.1) is 53.7 Å². The molecule has 0 radical (unpaired) electrons. The molecule has 4 N–H and O–H groups in total. The molecule has 22 nitrogen and oxygen atoms in total. The fourth-order valence-electron chi connectivity index (χ4n) is 8.82. The van der Waals surface area contributed by atoms with Crippen LogP contribution in [0.15, 0.2) is 85.2 Å². The minimum Gasteiger partial charge on any atom is -0.503 e. The van der Waals surface area contributed by atoms with Crippen molar-refractivity contribution in [3.63, 3.8) is 0 Å². The number of pyridine rings is 2. The van der Waals surface area contributed by atoms with Gasteiger partial charge < -0.3 is 73.0 Å². The maximum atomic E-state index is 14.3. The SMILES string of the molecule is COc1ccc(OC2C(OC(=O)C(C)C)COCC(NC(=O)c3nccc(OC)c3O)C(=O)OC2CCc2cc(C)cc(OC3COCC(NC(=O)c4nccc(OC)c4O)C(=O)OC(C)C3Oc3cc(C)cc(C)c3)c2)cc1. The molecule has 8 atom stereocenters. The number of nitrogens with one attached hydrogen (secondary N) is 2. The summed E-state index contributed by atoms with van der Waals surface area (Å²) in [6.45, 7) is 9.43. The van der Waals surface area contributed by atoms with E-state index in [1.165, 1.54) is 45.9 Å². The van der Waals surface area contributed by atoms with Crippen LogP contribution in [0.2, 0.25) is 0 Å². The maximum absolute atomic E-state index is 14.3. The number of carbonyl (C=O) groups is 5. The molecule has 8 unspecified atom stereocenters. The molecule has 2 aromatic heterocycles. The highest BCUT2D eigenvalue weighted by molar-refractivity contribution is 5.98. The zero-order valence-electron chi connectivity index (χ0n) is 45.3. The van der Waals surface area contributed by atoms with Crippen LogP contribution in [0, 0.1) is 26.7 Å². The molecule has 2 saturated heterocycles. The number of carbonyl (C=O) groups excluding carboxylic acids is 5. The van der Waals surface area contributed by atoms with E-state index in [-0.39, 0.29) is 49.9 Å². The van der Waals surface area contributed by atoms with Gasteiger partial charge in [-0.05, 0) is 111 Å². The van der Waals surface area contributed by atoms with Crippen LogP contribution in [0.4, 0.5) is 0 Å². The molecule has 0 aliphatic carbocycles. The first-order valence-electron chi connectivity index (χ1n) is 25.5. The van der Waals surface area contributed by atoms with Crippen molar-refractivity contribution in [3.05, 3.63) is 119 Å². The molecule has 22 heteroatoms. The van der Waals surface area contributed by atoms with Gasteiger partial charge in [0.25, 0.3) is 11.8 Å². The molecule has 0 bridgehead atoms. The first-order valence-corrected chi connectivity index (χ1v) is 25.5. The van der Waals surface area contributed by atoms with Crippen LogP contribution in [-0.2, 0) is 44.5 Å². The zero-order valence-corrected chi connectivity index (χ0v) is 45.3. The Morgan fingerprint density at radius 2 is 1.13 bits per heavy atom. The van der Waals surface area contributed by atoms with Crippen molar-refractivity contribution in [1.29, 1.82) is 0 Å². The van der Waals surface area contributed by atoms with Gasteiger partial charge in [0.1, 0.15) is 35.2 Å². The summed E-state index contributed by atoms with van der Waals surface area (Å²) in [6, 6.07) is 17.7. The summed E-state index contributed by atoms with van der Waals surface area (Å²) in [5.74, 6) is -4.08. The number of cyclic esters (lactones) is 2. The predicted molar refractivity (Wildman–Crippen MR) is 281 cm³/mol. The molecule has 2 amide bonds. The average Bonchev–Trinajstić information content (AvgIpc) is 3.51. The first kappa shape index (κ1) is 58.3. The van der Waals surface area contributed by atoms with Crippen molar-refractivity contribution in [3.8, 4) is 46.0 Å². The van der Waals surface area contributed by atoms with Crippen LogP contribution in [0.5, 0.6) is 46.0 Å². The van der Waals surface area contributed by atoms with E-state index in [2.05, 4.69) is 20.6 Å². The van der Waals surface area contributed by atoms with E-state index >= 15 is 0 Å². The van der Waals surface area contributed by atoms with E-state index in [9.17, 15) is 34.2 Å². The van der Waals surface area contributed by atoms with Gasteiger partial charge in [0.15, 0.2) is 70.9 Å². The average molecular weight is 1100 g/mol. The first-order chi connectivity index (χ1) is 37.8. The summed E-state index contributed by atoms with van der Waals surface area (Å²) in [5, 5.41) is 26.5. The second kappa shape index (κ2) is 26.8. The summed E-state index contributed by atoms with van der Waals surface area (Å²) in [5.41, 5.74) is 2.52. The van der Waals surface area contributed by atoms with Crippen LogP contribution < -0.4 is 39.1 Å². The van der Waals surface area contributed by atoms with Crippen molar-refractivity contribution in [2.45, 2.75) is 103 Å². The monoisotopic (exact) mass is 1090 g/mol. The number of aryl methyl sites for hydroxylation is 4. The van der Waals surface area contributed by atoms with E-state index in [0.717, 1.165) is 16.7 Å². The van der Waals surface area contributed by atoms with Crippen LogP contribution in [0.1, 0.15) is 70.4 Å². The Morgan fingerprint density at radius 3 is 1.67 bits per heavy atom. The molecule has 79 heavy (non-hydrogen) atoms. The highest BCUT2D eigenvalue weighted by Gasteiger charge is 2.42. The maximum Gasteiger partial charge on any atom is 0.331 e. The number of hydrogen-bond donors (Lipinski definition) is 4. The third-order valence-corrected chi connectivity index (χ3v) is 12.7. The minimum atomic E-state index is -1.44. The van der Waals surface area contributed by atoms with Gasteiger partial charge in [-0.2, -0.15) is 0 Å². The van der Waals surface area contributed by atoms with Gasteiger partial charge in [-0.15, -0.1) is 0 Å². The number of ether oxygens (including phenoxy) is 11. The summed E-state index contributed by atoms with van der Waals surface area (Å²) < 4.78 is 66.1. The summed E-state index contributed by atoms with van der Waals surface area (Å²) >= 11 is 0. The van der Waals surface area contributed by atoms with Crippen LogP contribution in [0.25, 0.3) is 0 Å². The molecule has 2 aliphatic rings. The highest BCUT2D eigenvalue weighted by Crippen LogP contribution is 2.32. The zero-order chi connectivity index (χ0) is 56.9. The van der Waals surface area contributed by atoms with Gasteiger partial charge in [-0.1, -0.05) is 26.0 Å². The quantitative estimate of drug-likeness (QED) is 0.0624. The Hall–Kier alpha value is -8.37. The van der Waals surface area contributed by atoms with Crippen molar-refractivity contribution < 1.29 is 86.3 Å². The van der Waals surface area contributed by atoms with Gasteiger partial charge in [-0.3, -0.25) is 14.4 Å². The lowest BCUT2D eigenvalue weighted by Crippen LogP contribution is -2.49. The minimum absolute atomic E-state index is 0.00509. The molecule has 3 aromatic carbocycles. The fourth-order valence-corrected chi connectivity index (χ4v) is 8.82. The van der Waals surface area contributed by atoms with Gasteiger partial charge in [-0.25, -0.2) is 19.6 Å². The fraction of sp³-hybridized carbons (Fsp3) is 0.421. The summed E-state index contributed by atoms with van der Waals surface area (Å²) in [4.78, 5) is 76.5. The summed E-state index contributed by atoms with van der Waals surface area (Å²) in [6.07, 6.45) is -3.67. The Labute approximate surface area is 456 Å². The number of aromatic hydroxyl groups is 2. The van der Waals surface area contributed by atoms with Crippen LogP contribution in [0.3, 0.4) is 0 Å². The molecule has 0 saturated carbocycles. The Morgan fingerprint density at radius 1 is 0.620 bits per heavy atom. The smallest absolute Gasteiger partial charge is 0.331 e. The topological polar surface area (TPSA) is 277 Å². The molecule has 7 rings (SSSR count). The molecule has 2 aliphatic heterocycles.